The summed E-state index contributed by atoms with van der Waals surface area (Å²) < 4.78 is 20.6. The van der Waals surface area contributed by atoms with Gasteiger partial charge in [0.05, 0.1) is 23.7 Å². The van der Waals surface area contributed by atoms with Gasteiger partial charge in [-0.25, -0.2) is 14.1 Å². The summed E-state index contributed by atoms with van der Waals surface area (Å²) in [4.78, 5) is 4.73. The molecule has 4 rings (SSSR count). The number of benzene rings is 2. The first kappa shape index (κ1) is 18.3. The van der Waals surface area contributed by atoms with E-state index in [2.05, 4.69) is 10.3 Å². The van der Waals surface area contributed by atoms with Crippen LogP contribution in [0.4, 0.5) is 4.39 Å². The molecule has 0 bridgehead atoms. The summed E-state index contributed by atoms with van der Waals surface area (Å²) >= 11 is 1.52. The number of rotatable bonds is 5. The number of halogens is 1. The van der Waals surface area contributed by atoms with E-state index in [1.165, 1.54) is 23.5 Å². The maximum Gasteiger partial charge on any atom is 0.146 e. The van der Waals surface area contributed by atoms with Crippen LogP contribution in [-0.2, 0) is 0 Å². The van der Waals surface area contributed by atoms with Crippen molar-refractivity contribution in [2.45, 2.75) is 20.8 Å². The average molecular weight is 394 g/mol. The Labute approximate surface area is 166 Å². The van der Waals surface area contributed by atoms with Gasteiger partial charge in [0.15, 0.2) is 0 Å². The Hall–Kier alpha value is -3.06. The molecule has 0 atom stereocenters. The molecule has 7 heteroatoms. The SMILES string of the molecule is CCOc1ccc(-c2csc(-c3nnn(-c4ccc(F)cc4C)c3C)n2)cc1. The molecule has 0 N–H and O–H groups in total. The van der Waals surface area contributed by atoms with E-state index >= 15 is 0 Å². The summed E-state index contributed by atoms with van der Waals surface area (Å²) in [6, 6.07) is 12.5. The van der Waals surface area contributed by atoms with Gasteiger partial charge >= 0.3 is 0 Å². The first-order chi connectivity index (χ1) is 13.6. The minimum Gasteiger partial charge on any atom is -0.494 e. The molecule has 28 heavy (non-hydrogen) atoms. The van der Waals surface area contributed by atoms with Crippen molar-refractivity contribution in [3.05, 3.63) is 64.9 Å². The monoisotopic (exact) mass is 394 g/mol. The van der Waals surface area contributed by atoms with Gasteiger partial charge in [-0.3, -0.25) is 0 Å². The Balaban J connectivity index is 1.65. The van der Waals surface area contributed by atoms with Crippen LogP contribution < -0.4 is 4.74 Å². The van der Waals surface area contributed by atoms with Crippen LogP contribution in [0.15, 0.2) is 47.8 Å². The fraction of sp³-hybridized carbons (Fsp3) is 0.190. The number of hydrogen-bond acceptors (Lipinski definition) is 5. The van der Waals surface area contributed by atoms with Crippen LogP contribution in [0.3, 0.4) is 0 Å². The minimum atomic E-state index is -0.265. The van der Waals surface area contributed by atoms with Crippen LogP contribution in [0.2, 0.25) is 0 Å². The van der Waals surface area contributed by atoms with E-state index in [0.717, 1.165) is 44.7 Å². The van der Waals surface area contributed by atoms with Gasteiger partial charge in [-0.2, -0.15) is 0 Å². The van der Waals surface area contributed by atoms with Gasteiger partial charge in [0.2, 0.25) is 0 Å². The smallest absolute Gasteiger partial charge is 0.146 e. The lowest BCUT2D eigenvalue weighted by Crippen LogP contribution is -2.02. The summed E-state index contributed by atoms with van der Waals surface area (Å²) in [7, 11) is 0. The molecule has 2 aromatic heterocycles. The molecule has 0 radical (unpaired) electrons. The van der Waals surface area contributed by atoms with Crippen molar-refractivity contribution in [1.29, 1.82) is 0 Å². The molecule has 0 aliphatic heterocycles. The molecule has 0 spiro atoms. The van der Waals surface area contributed by atoms with E-state index in [-0.39, 0.29) is 5.82 Å². The fourth-order valence-electron chi connectivity index (χ4n) is 3.02. The number of aromatic nitrogens is 4. The molecule has 0 amide bonds. The lowest BCUT2D eigenvalue weighted by molar-refractivity contribution is 0.340. The molecule has 4 aromatic rings. The summed E-state index contributed by atoms with van der Waals surface area (Å²) in [5, 5.41) is 11.4. The van der Waals surface area contributed by atoms with E-state index in [1.54, 1.807) is 10.7 Å². The Bertz CT molecular complexity index is 1120. The zero-order valence-electron chi connectivity index (χ0n) is 15.8. The van der Waals surface area contributed by atoms with Gasteiger partial charge in [-0.05, 0) is 68.8 Å². The van der Waals surface area contributed by atoms with Crippen LogP contribution in [0.5, 0.6) is 5.75 Å². The van der Waals surface area contributed by atoms with Crippen LogP contribution in [0, 0.1) is 19.7 Å². The van der Waals surface area contributed by atoms with Gasteiger partial charge in [0, 0.05) is 10.9 Å². The van der Waals surface area contributed by atoms with Crippen LogP contribution >= 0.6 is 11.3 Å². The van der Waals surface area contributed by atoms with Gasteiger partial charge in [-0.15, -0.1) is 16.4 Å². The molecule has 0 aliphatic carbocycles. The third-order valence-corrected chi connectivity index (χ3v) is 5.30. The second-order valence-corrected chi connectivity index (χ2v) is 7.22. The molecule has 2 aromatic carbocycles. The lowest BCUT2D eigenvalue weighted by Gasteiger charge is -2.07. The average Bonchev–Trinajstić information content (AvgIpc) is 3.30. The molecule has 0 saturated carbocycles. The topological polar surface area (TPSA) is 52.8 Å². The van der Waals surface area contributed by atoms with Crippen molar-refractivity contribution < 1.29 is 9.13 Å². The molecule has 5 nitrogen and oxygen atoms in total. The third-order valence-electron chi connectivity index (χ3n) is 4.45. The van der Waals surface area contributed by atoms with Crippen molar-refractivity contribution in [2.75, 3.05) is 6.61 Å². The first-order valence-corrected chi connectivity index (χ1v) is 9.82. The molecule has 0 unspecified atom stereocenters. The lowest BCUT2D eigenvalue weighted by atomic mass is 10.2. The predicted octanol–water partition coefficient (Wildman–Crippen LogP) is 5.21. The van der Waals surface area contributed by atoms with Gasteiger partial charge < -0.3 is 4.74 Å². The second kappa shape index (κ2) is 7.52. The van der Waals surface area contributed by atoms with Crippen LogP contribution in [-0.4, -0.2) is 26.6 Å². The molecular formula is C21H19FN4OS. The Kier molecular flexibility index (Phi) is 4.92. The van der Waals surface area contributed by atoms with Crippen molar-refractivity contribution in [3.63, 3.8) is 0 Å². The zero-order chi connectivity index (χ0) is 19.7. The first-order valence-electron chi connectivity index (χ1n) is 8.94. The highest BCUT2D eigenvalue weighted by molar-refractivity contribution is 7.13. The number of nitrogens with zero attached hydrogens (tertiary/aromatic N) is 4. The molecule has 0 saturated heterocycles. The van der Waals surface area contributed by atoms with E-state index < -0.39 is 0 Å². The van der Waals surface area contributed by atoms with Gasteiger partial charge in [0.25, 0.3) is 0 Å². The summed E-state index contributed by atoms with van der Waals surface area (Å²) in [5.74, 6) is 0.578. The van der Waals surface area contributed by atoms with Crippen LogP contribution in [0.1, 0.15) is 18.2 Å². The van der Waals surface area contributed by atoms with Crippen molar-refractivity contribution >= 4 is 11.3 Å². The fourth-order valence-corrected chi connectivity index (χ4v) is 3.88. The molecule has 2 heterocycles. The van der Waals surface area contributed by atoms with Crippen molar-refractivity contribution in [1.82, 2.24) is 20.0 Å². The maximum atomic E-state index is 13.4. The summed E-state index contributed by atoms with van der Waals surface area (Å²) in [5.41, 5.74) is 5.10. The van der Waals surface area contributed by atoms with Crippen molar-refractivity contribution in [3.8, 4) is 33.4 Å². The zero-order valence-corrected chi connectivity index (χ0v) is 16.6. The number of hydrogen-bond donors (Lipinski definition) is 0. The molecule has 0 aliphatic rings. The predicted molar refractivity (Wildman–Crippen MR) is 109 cm³/mol. The van der Waals surface area contributed by atoms with E-state index in [4.69, 9.17) is 9.72 Å². The highest BCUT2D eigenvalue weighted by Crippen LogP contribution is 2.31. The van der Waals surface area contributed by atoms with Gasteiger partial charge in [0.1, 0.15) is 22.3 Å². The quantitative estimate of drug-likeness (QED) is 0.466. The standard InChI is InChI=1S/C21H19FN4OS/c1-4-27-17-8-5-15(6-9-17)18-12-28-21(23-18)20-14(3)26(25-24-20)19-10-7-16(22)11-13(19)2/h5-12H,4H2,1-3H3. The largest absolute Gasteiger partial charge is 0.494 e. The second-order valence-electron chi connectivity index (χ2n) is 6.36. The highest BCUT2D eigenvalue weighted by atomic mass is 32.1. The van der Waals surface area contributed by atoms with Crippen LogP contribution in [0.25, 0.3) is 27.6 Å². The summed E-state index contributed by atoms with van der Waals surface area (Å²) in [6.45, 7) is 6.40. The minimum absolute atomic E-state index is 0.265. The number of aryl methyl sites for hydroxylation is 1. The normalized spacial score (nSPS) is 11.0. The Morgan fingerprint density at radius 1 is 1.11 bits per heavy atom. The number of thiazole rings is 1. The van der Waals surface area contributed by atoms with E-state index in [0.29, 0.717) is 6.61 Å². The number of ether oxygens (including phenoxy) is 1. The van der Waals surface area contributed by atoms with Crippen molar-refractivity contribution in [2.24, 2.45) is 0 Å². The maximum absolute atomic E-state index is 13.4. The third kappa shape index (κ3) is 3.41. The van der Waals surface area contributed by atoms with E-state index in [9.17, 15) is 4.39 Å². The summed E-state index contributed by atoms with van der Waals surface area (Å²) in [6.07, 6.45) is 0. The molecule has 142 valence electrons. The Morgan fingerprint density at radius 2 is 1.89 bits per heavy atom. The molecule has 0 fully saturated rings. The van der Waals surface area contributed by atoms with Gasteiger partial charge in [-0.1, -0.05) is 5.21 Å². The highest BCUT2D eigenvalue weighted by Gasteiger charge is 2.17. The van der Waals surface area contributed by atoms with E-state index in [1.807, 2.05) is 50.4 Å². The Morgan fingerprint density at radius 3 is 2.61 bits per heavy atom. The molecular weight excluding hydrogens is 375 g/mol.